The van der Waals surface area contributed by atoms with E-state index in [0.29, 0.717) is 9.99 Å². The van der Waals surface area contributed by atoms with Crippen LogP contribution in [0.15, 0.2) is 15.8 Å². The number of hydrogen-bond donors (Lipinski definition) is 3. The molecule has 0 saturated heterocycles. The van der Waals surface area contributed by atoms with Crippen LogP contribution >= 0.6 is 22.6 Å². The fourth-order valence-electron chi connectivity index (χ4n) is 2.75. The van der Waals surface area contributed by atoms with E-state index in [1.165, 1.54) is 0 Å². The van der Waals surface area contributed by atoms with E-state index in [9.17, 15) is 19.8 Å². The molecular formula is C12H17IN2O4. The summed E-state index contributed by atoms with van der Waals surface area (Å²) in [5.41, 5.74) is -0.779. The molecule has 7 heteroatoms. The van der Waals surface area contributed by atoms with Gasteiger partial charge in [0.15, 0.2) is 0 Å². The Morgan fingerprint density at radius 3 is 2.58 bits per heavy atom. The third-order valence-electron chi connectivity index (χ3n) is 3.90. The molecule has 1 saturated carbocycles. The average Bonchev–Trinajstić information content (AvgIpc) is 2.42. The standard InChI is InChI=1S/C12H17IN2O4/c13-10-4-15(12(19)14-11(10)18)9-2-1-7(5-16)8(3-9)6-17/h4,7-9,16-17H,1-3,5-6H2,(H,14,18,19). The molecule has 0 aromatic carbocycles. The summed E-state index contributed by atoms with van der Waals surface area (Å²) in [5.74, 6) is 0.0963. The van der Waals surface area contributed by atoms with Gasteiger partial charge in [-0.15, -0.1) is 0 Å². The predicted octanol–water partition coefficient (Wildman–Crippen LogP) is 0.0832. The molecule has 1 aliphatic carbocycles. The van der Waals surface area contributed by atoms with Crippen molar-refractivity contribution in [1.29, 1.82) is 0 Å². The van der Waals surface area contributed by atoms with Crippen LogP contribution in [0.5, 0.6) is 0 Å². The SMILES string of the molecule is O=c1[nH]c(=O)n(C2CCC(CO)C(CO)C2)cc1I. The molecule has 0 aliphatic heterocycles. The normalized spacial score (nSPS) is 27.4. The van der Waals surface area contributed by atoms with Crippen LogP contribution in [0.3, 0.4) is 0 Å². The second-order valence-electron chi connectivity index (χ2n) is 5.00. The summed E-state index contributed by atoms with van der Waals surface area (Å²) in [6.07, 6.45) is 3.75. The first-order valence-electron chi connectivity index (χ1n) is 6.29. The summed E-state index contributed by atoms with van der Waals surface area (Å²) in [4.78, 5) is 25.5. The first kappa shape index (κ1) is 14.7. The molecule has 3 atom stereocenters. The zero-order chi connectivity index (χ0) is 14.0. The number of nitrogens with zero attached hydrogens (tertiary/aromatic N) is 1. The van der Waals surface area contributed by atoms with E-state index in [4.69, 9.17) is 0 Å². The van der Waals surface area contributed by atoms with Gasteiger partial charge in [0.1, 0.15) is 0 Å². The highest BCUT2D eigenvalue weighted by Gasteiger charge is 2.31. The van der Waals surface area contributed by atoms with Gasteiger partial charge >= 0.3 is 5.69 Å². The molecule has 1 fully saturated rings. The molecule has 1 heterocycles. The minimum absolute atomic E-state index is 0.000222. The van der Waals surface area contributed by atoms with Crippen molar-refractivity contribution in [3.05, 3.63) is 30.6 Å². The third kappa shape index (κ3) is 3.09. The minimum Gasteiger partial charge on any atom is -0.396 e. The van der Waals surface area contributed by atoms with E-state index >= 15 is 0 Å². The number of aliphatic hydroxyl groups excluding tert-OH is 2. The van der Waals surface area contributed by atoms with Crippen molar-refractivity contribution in [3.63, 3.8) is 0 Å². The second kappa shape index (κ2) is 6.19. The number of hydrogen-bond acceptors (Lipinski definition) is 4. The highest BCUT2D eigenvalue weighted by molar-refractivity contribution is 14.1. The lowest BCUT2D eigenvalue weighted by molar-refractivity contribution is 0.0661. The zero-order valence-corrected chi connectivity index (χ0v) is 12.5. The molecule has 0 amide bonds. The van der Waals surface area contributed by atoms with Gasteiger partial charge in [0.05, 0.1) is 3.57 Å². The van der Waals surface area contributed by atoms with Crippen molar-refractivity contribution in [2.24, 2.45) is 11.8 Å². The molecule has 3 N–H and O–H groups in total. The first-order chi connectivity index (χ1) is 9.06. The molecule has 2 rings (SSSR count). The van der Waals surface area contributed by atoms with Crippen molar-refractivity contribution in [1.82, 2.24) is 9.55 Å². The Kier molecular flexibility index (Phi) is 4.80. The number of aliphatic hydroxyl groups is 2. The van der Waals surface area contributed by atoms with Gasteiger partial charge in [-0.25, -0.2) is 4.79 Å². The highest BCUT2D eigenvalue weighted by Crippen LogP contribution is 2.35. The van der Waals surface area contributed by atoms with Crippen LogP contribution in [0.4, 0.5) is 0 Å². The van der Waals surface area contributed by atoms with Crippen molar-refractivity contribution >= 4 is 22.6 Å². The largest absolute Gasteiger partial charge is 0.396 e. The van der Waals surface area contributed by atoms with Crippen LogP contribution in [0.1, 0.15) is 25.3 Å². The van der Waals surface area contributed by atoms with E-state index in [2.05, 4.69) is 4.98 Å². The van der Waals surface area contributed by atoms with Gasteiger partial charge in [-0.2, -0.15) is 0 Å². The van der Waals surface area contributed by atoms with Gasteiger partial charge in [-0.05, 0) is 53.7 Å². The third-order valence-corrected chi connectivity index (χ3v) is 4.67. The van der Waals surface area contributed by atoms with E-state index in [1.54, 1.807) is 10.8 Å². The van der Waals surface area contributed by atoms with Gasteiger partial charge in [0, 0.05) is 25.5 Å². The lowest BCUT2D eigenvalue weighted by atomic mass is 9.77. The Labute approximate surface area is 123 Å². The Morgan fingerprint density at radius 1 is 1.26 bits per heavy atom. The van der Waals surface area contributed by atoms with E-state index in [1.807, 2.05) is 22.6 Å². The molecule has 3 unspecified atom stereocenters. The minimum atomic E-state index is -0.408. The quantitative estimate of drug-likeness (QED) is 0.648. The molecule has 6 nitrogen and oxygen atoms in total. The molecule has 19 heavy (non-hydrogen) atoms. The van der Waals surface area contributed by atoms with Crippen LogP contribution < -0.4 is 11.2 Å². The maximum atomic E-state index is 11.8. The lowest BCUT2D eigenvalue weighted by Gasteiger charge is -2.34. The van der Waals surface area contributed by atoms with E-state index in [0.717, 1.165) is 12.8 Å². The Hall–Kier alpha value is -0.670. The average molecular weight is 380 g/mol. The number of aromatic nitrogens is 2. The van der Waals surface area contributed by atoms with Crippen molar-refractivity contribution in [2.75, 3.05) is 13.2 Å². The molecule has 1 aliphatic rings. The van der Waals surface area contributed by atoms with Crippen LogP contribution in [-0.2, 0) is 0 Å². The first-order valence-corrected chi connectivity index (χ1v) is 7.37. The summed E-state index contributed by atoms with van der Waals surface area (Å²) in [7, 11) is 0. The second-order valence-corrected chi connectivity index (χ2v) is 6.16. The van der Waals surface area contributed by atoms with Gasteiger partial charge in [0.2, 0.25) is 0 Å². The Morgan fingerprint density at radius 2 is 1.95 bits per heavy atom. The summed E-state index contributed by atoms with van der Waals surface area (Å²) in [6, 6.07) is -0.0298. The van der Waals surface area contributed by atoms with E-state index < -0.39 is 5.69 Å². The van der Waals surface area contributed by atoms with Crippen LogP contribution in [-0.4, -0.2) is 33.0 Å². The maximum absolute atomic E-state index is 11.8. The van der Waals surface area contributed by atoms with Gasteiger partial charge in [-0.3, -0.25) is 14.3 Å². The lowest BCUT2D eigenvalue weighted by Crippen LogP contribution is -2.38. The monoisotopic (exact) mass is 380 g/mol. The van der Waals surface area contributed by atoms with Crippen molar-refractivity contribution < 1.29 is 10.2 Å². The molecule has 0 spiro atoms. The molecule has 0 bridgehead atoms. The fourth-order valence-corrected chi connectivity index (χ4v) is 3.19. The highest BCUT2D eigenvalue weighted by atomic mass is 127. The number of rotatable bonds is 3. The van der Waals surface area contributed by atoms with Crippen LogP contribution in [0.25, 0.3) is 0 Å². The van der Waals surface area contributed by atoms with E-state index in [-0.39, 0.29) is 36.7 Å². The molecule has 106 valence electrons. The zero-order valence-electron chi connectivity index (χ0n) is 10.4. The molecular weight excluding hydrogens is 363 g/mol. The van der Waals surface area contributed by atoms with Crippen LogP contribution in [0, 0.1) is 15.4 Å². The Balaban J connectivity index is 2.26. The van der Waals surface area contributed by atoms with Gasteiger partial charge in [0.25, 0.3) is 5.56 Å². The number of nitrogens with one attached hydrogen (secondary N) is 1. The number of aromatic amines is 1. The summed E-state index contributed by atoms with van der Waals surface area (Å²) in [5, 5.41) is 18.6. The summed E-state index contributed by atoms with van der Waals surface area (Å²) < 4.78 is 2.02. The predicted molar refractivity (Wildman–Crippen MR) is 78.1 cm³/mol. The molecule has 1 aromatic rings. The summed E-state index contributed by atoms with van der Waals surface area (Å²) >= 11 is 1.90. The van der Waals surface area contributed by atoms with Crippen LogP contribution in [0.2, 0.25) is 0 Å². The number of H-pyrrole nitrogens is 1. The smallest absolute Gasteiger partial charge is 0.328 e. The Bertz CT molecular complexity index is 553. The maximum Gasteiger partial charge on any atom is 0.328 e. The number of halogens is 1. The van der Waals surface area contributed by atoms with Crippen molar-refractivity contribution in [2.45, 2.75) is 25.3 Å². The fraction of sp³-hybridized carbons (Fsp3) is 0.667. The summed E-state index contributed by atoms with van der Waals surface area (Å²) in [6.45, 7) is 0.0763. The molecule has 1 aromatic heterocycles. The topological polar surface area (TPSA) is 95.3 Å². The molecule has 0 radical (unpaired) electrons. The van der Waals surface area contributed by atoms with Crippen molar-refractivity contribution in [3.8, 4) is 0 Å². The van der Waals surface area contributed by atoms with Gasteiger partial charge < -0.3 is 10.2 Å². The van der Waals surface area contributed by atoms with Gasteiger partial charge in [-0.1, -0.05) is 0 Å².